The molecule has 0 N–H and O–H groups in total. The lowest BCUT2D eigenvalue weighted by molar-refractivity contribution is 0.840. The van der Waals surface area contributed by atoms with Gasteiger partial charge in [-0.05, 0) is 19.1 Å². The maximum absolute atomic E-state index is 4.09. The lowest BCUT2D eigenvalue weighted by Crippen LogP contribution is -1.97. The Labute approximate surface area is 70.7 Å². The number of rotatable bonds is 1. The van der Waals surface area contributed by atoms with Crippen LogP contribution in [0.3, 0.4) is 0 Å². The van der Waals surface area contributed by atoms with Gasteiger partial charge in [-0.2, -0.15) is 5.10 Å². The van der Waals surface area contributed by atoms with Gasteiger partial charge in [0.15, 0.2) is 0 Å². The minimum Gasteiger partial charge on any atom is -0.220 e. The molecule has 0 radical (unpaired) electrons. The molecule has 0 bridgehead atoms. The average Bonchev–Trinajstić information content (AvgIpc) is 2.53. The number of aromatic nitrogens is 3. The van der Waals surface area contributed by atoms with Gasteiger partial charge in [-0.15, -0.1) is 0 Å². The van der Waals surface area contributed by atoms with Crippen molar-refractivity contribution < 1.29 is 0 Å². The van der Waals surface area contributed by atoms with Gasteiger partial charge < -0.3 is 0 Å². The largest absolute Gasteiger partial charge is 0.220 e. The molecule has 2 rings (SSSR count). The van der Waals surface area contributed by atoms with Crippen molar-refractivity contribution in [1.29, 1.82) is 0 Å². The van der Waals surface area contributed by atoms with E-state index in [1.165, 1.54) is 0 Å². The maximum atomic E-state index is 4.09. The Bertz CT molecular complexity index is 364. The van der Waals surface area contributed by atoms with Crippen LogP contribution in [0.25, 0.3) is 5.69 Å². The molecule has 0 fully saturated rings. The van der Waals surface area contributed by atoms with Crippen LogP contribution in [0.4, 0.5) is 0 Å². The van der Waals surface area contributed by atoms with Gasteiger partial charge in [0, 0.05) is 0 Å². The Morgan fingerprint density at radius 2 is 1.92 bits per heavy atom. The fourth-order valence-electron chi connectivity index (χ4n) is 1.12. The van der Waals surface area contributed by atoms with Gasteiger partial charge >= 0.3 is 0 Å². The molecule has 60 valence electrons. The van der Waals surface area contributed by atoms with E-state index < -0.39 is 0 Å². The predicted octanol–water partition coefficient (Wildman–Crippen LogP) is 1.58. The highest BCUT2D eigenvalue weighted by molar-refractivity contribution is 5.30. The molecule has 1 aromatic carbocycles. The second-order valence-electron chi connectivity index (χ2n) is 2.55. The molecule has 12 heavy (non-hydrogen) atoms. The van der Waals surface area contributed by atoms with E-state index in [-0.39, 0.29) is 0 Å². The summed E-state index contributed by atoms with van der Waals surface area (Å²) < 4.78 is 1.81. The van der Waals surface area contributed by atoms with Gasteiger partial charge in [0.1, 0.15) is 12.2 Å². The van der Waals surface area contributed by atoms with Crippen molar-refractivity contribution in [2.45, 2.75) is 6.92 Å². The molecular formula is C9H9N3. The van der Waals surface area contributed by atoms with E-state index in [0.717, 1.165) is 11.5 Å². The van der Waals surface area contributed by atoms with Gasteiger partial charge in [0.25, 0.3) is 0 Å². The smallest absolute Gasteiger partial charge is 0.138 e. The molecule has 0 amide bonds. The van der Waals surface area contributed by atoms with Crippen LogP contribution in [-0.2, 0) is 0 Å². The molecule has 3 heteroatoms. The second-order valence-corrected chi connectivity index (χ2v) is 2.55. The summed E-state index contributed by atoms with van der Waals surface area (Å²) in [5.41, 5.74) is 1.05. The molecule has 1 aromatic heterocycles. The van der Waals surface area contributed by atoms with Gasteiger partial charge in [0.2, 0.25) is 0 Å². The summed E-state index contributed by atoms with van der Waals surface area (Å²) in [6, 6.07) is 9.95. The van der Waals surface area contributed by atoms with Crippen molar-refractivity contribution in [1.82, 2.24) is 14.8 Å². The summed E-state index contributed by atoms with van der Waals surface area (Å²) in [5, 5.41) is 4.09. The normalized spacial score (nSPS) is 10.1. The second kappa shape index (κ2) is 2.77. The molecular weight excluding hydrogens is 150 g/mol. The summed E-state index contributed by atoms with van der Waals surface area (Å²) in [5.74, 6) is 0.904. The molecule has 3 nitrogen and oxygen atoms in total. The minimum atomic E-state index is 0.904. The number of hydrogen-bond donors (Lipinski definition) is 0. The van der Waals surface area contributed by atoms with Crippen LogP contribution in [0.1, 0.15) is 5.82 Å². The molecule has 0 aliphatic carbocycles. The number of hydrogen-bond acceptors (Lipinski definition) is 2. The highest BCUT2D eigenvalue weighted by Gasteiger charge is 1.98. The predicted molar refractivity (Wildman–Crippen MR) is 46.1 cm³/mol. The first-order valence-corrected chi connectivity index (χ1v) is 3.80. The lowest BCUT2D eigenvalue weighted by Gasteiger charge is -2.00. The van der Waals surface area contributed by atoms with E-state index in [2.05, 4.69) is 10.1 Å². The summed E-state index contributed by atoms with van der Waals surface area (Å²) >= 11 is 0. The topological polar surface area (TPSA) is 30.7 Å². The van der Waals surface area contributed by atoms with Crippen molar-refractivity contribution in [2.75, 3.05) is 0 Å². The van der Waals surface area contributed by atoms with Crippen LogP contribution in [-0.4, -0.2) is 14.8 Å². The number of benzene rings is 1. The highest BCUT2D eigenvalue weighted by Crippen LogP contribution is 2.05. The van der Waals surface area contributed by atoms with E-state index in [1.54, 1.807) is 11.0 Å². The van der Waals surface area contributed by atoms with E-state index in [4.69, 9.17) is 0 Å². The SMILES string of the molecule is Cc1ncnn1-c1ccccc1. The molecule has 0 aliphatic heterocycles. The first-order valence-electron chi connectivity index (χ1n) is 3.80. The molecule has 0 saturated heterocycles. The summed E-state index contributed by atoms with van der Waals surface area (Å²) in [7, 11) is 0. The molecule has 1 heterocycles. The quantitative estimate of drug-likeness (QED) is 0.632. The monoisotopic (exact) mass is 159 g/mol. The van der Waals surface area contributed by atoms with Crippen LogP contribution in [0, 0.1) is 6.92 Å². The minimum absolute atomic E-state index is 0.904. The zero-order chi connectivity index (χ0) is 8.39. The van der Waals surface area contributed by atoms with Crippen LogP contribution < -0.4 is 0 Å². The third-order valence-electron chi connectivity index (χ3n) is 1.72. The highest BCUT2D eigenvalue weighted by atomic mass is 15.3. The third-order valence-corrected chi connectivity index (χ3v) is 1.72. The zero-order valence-electron chi connectivity index (χ0n) is 6.81. The molecule has 0 unspecified atom stereocenters. The van der Waals surface area contributed by atoms with E-state index >= 15 is 0 Å². The van der Waals surface area contributed by atoms with Gasteiger partial charge in [-0.25, -0.2) is 9.67 Å². The first-order chi connectivity index (χ1) is 5.88. The molecule has 0 aliphatic rings. The van der Waals surface area contributed by atoms with Crippen LogP contribution >= 0.6 is 0 Å². The molecule has 2 aromatic rings. The number of para-hydroxylation sites is 1. The standard InChI is InChI=1S/C9H9N3/c1-8-10-7-11-12(8)9-5-3-2-4-6-9/h2-7H,1H3. The summed E-state index contributed by atoms with van der Waals surface area (Å²) in [6.07, 6.45) is 1.56. The van der Waals surface area contributed by atoms with Gasteiger partial charge in [-0.1, -0.05) is 18.2 Å². The van der Waals surface area contributed by atoms with Crippen LogP contribution in [0.5, 0.6) is 0 Å². The molecule has 0 saturated carbocycles. The Morgan fingerprint density at radius 3 is 2.50 bits per heavy atom. The van der Waals surface area contributed by atoms with Crippen LogP contribution in [0.2, 0.25) is 0 Å². The Morgan fingerprint density at radius 1 is 1.17 bits per heavy atom. The Kier molecular flexibility index (Phi) is 1.63. The number of aryl methyl sites for hydroxylation is 1. The van der Waals surface area contributed by atoms with Gasteiger partial charge in [-0.3, -0.25) is 0 Å². The Balaban J connectivity index is 2.51. The molecule has 0 spiro atoms. The van der Waals surface area contributed by atoms with Crippen molar-refractivity contribution in [3.05, 3.63) is 42.5 Å². The Hall–Kier alpha value is -1.64. The fraction of sp³-hybridized carbons (Fsp3) is 0.111. The van der Waals surface area contributed by atoms with E-state index in [9.17, 15) is 0 Å². The number of nitrogens with zero attached hydrogens (tertiary/aromatic N) is 3. The van der Waals surface area contributed by atoms with Crippen LogP contribution in [0.15, 0.2) is 36.7 Å². The van der Waals surface area contributed by atoms with E-state index in [1.807, 2.05) is 37.3 Å². The van der Waals surface area contributed by atoms with Gasteiger partial charge in [0.05, 0.1) is 5.69 Å². The zero-order valence-corrected chi connectivity index (χ0v) is 6.81. The summed E-state index contributed by atoms with van der Waals surface area (Å²) in [6.45, 7) is 1.93. The maximum Gasteiger partial charge on any atom is 0.138 e. The molecule has 0 atom stereocenters. The van der Waals surface area contributed by atoms with Crippen molar-refractivity contribution in [3.8, 4) is 5.69 Å². The third kappa shape index (κ3) is 1.09. The van der Waals surface area contributed by atoms with Crippen molar-refractivity contribution in [2.24, 2.45) is 0 Å². The van der Waals surface area contributed by atoms with Crippen molar-refractivity contribution >= 4 is 0 Å². The summed E-state index contributed by atoms with van der Waals surface area (Å²) in [4.78, 5) is 4.04. The lowest BCUT2D eigenvalue weighted by atomic mass is 10.3. The van der Waals surface area contributed by atoms with Crippen molar-refractivity contribution in [3.63, 3.8) is 0 Å². The van der Waals surface area contributed by atoms with E-state index in [0.29, 0.717) is 0 Å². The first kappa shape index (κ1) is 7.03. The fourth-order valence-corrected chi connectivity index (χ4v) is 1.12. The average molecular weight is 159 g/mol.